The molecule has 0 unspecified atom stereocenters. The summed E-state index contributed by atoms with van der Waals surface area (Å²) in [4.78, 5) is 11.1. The standard InChI is InChI=1S/C13H14ClN3/c14-12-9-11-10(5-4-6-15-11)13(16-12)17-7-2-1-3-8-17/h4-6,9H,1-3,7-8H2. The maximum absolute atomic E-state index is 6.07. The Balaban J connectivity index is 2.13. The van der Waals surface area contributed by atoms with Crippen LogP contribution >= 0.6 is 11.6 Å². The number of nitrogens with zero attached hydrogens (tertiary/aromatic N) is 3. The summed E-state index contributed by atoms with van der Waals surface area (Å²) in [6.07, 6.45) is 5.57. The maximum atomic E-state index is 6.07. The van der Waals surface area contributed by atoms with Crippen molar-refractivity contribution in [1.29, 1.82) is 0 Å². The Morgan fingerprint density at radius 3 is 2.82 bits per heavy atom. The van der Waals surface area contributed by atoms with E-state index in [1.54, 1.807) is 6.20 Å². The summed E-state index contributed by atoms with van der Waals surface area (Å²) in [6.45, 7) is 2.13. The lowest BCUT2D eigenvalue weighted by molar-refractivity contribution is 0.575. The van der Waals surface area contributed by atoms with Gasteiger partial charge in [-0.25, -0.2) is 4.98 Å². The summed E-state index contributed by atoms with van der Waals surface area (Å²) in [5.74, 6) is 0.986. The number of hydrogen-bond donors (Lipinski definition) is 0. The molecule has 2 aromatic rings. The van der Waals surface area contributed by atoms with Crippen molar-refractivity contribution in [3.63, 3.8) is 0 Å². The molecule has 0 aliphatic carbocycles. The van der Waals surface area contributed by atoms with E-state index < -0.39 is 0 Å². The predicted molar refractivity (Wildman–Crippen MR) is 70.6 cm³/mol. The van der Waals surface area contributed by atoms with Crippen LogP contribution in [0.25, 0.3) is 10.9 Å². The second kappa shape index (κ2) is 4.49. The van der Waals surface area contributed by atoms with Gasteiger partial charge in [0.15, 0.2) is 0 Å². The van der Waals surface area contributed by atoms with Gasteiger partial charge in [-0.05, 0) is 31.4 Å². The monoisotopic (exact) mass is 247 g/mol. The summed E-state index contributed by atoms with van der Waals surface area (Å²) in [6, 6.07) is 5.84. The van der Waals surface area contributed by atoms with E-state index >= 15 is 0 Å². The second-order valence-corrected chi connectivity index (χ2v) is 4.77. The first kappa shape index (κ1) is 10.8. The molecule has 0 atom stereocenters. The molecule has 1 saturated heterocycles. The highest BCUT2D eigenvalue weighted by Gasteiger charge is 2.15. The molecule has 0 radical (unpaired) electrons. The van der Waals surface area contributed by atoms with Gasteiger partial charge in [0.2, 0.25) is 0 Å². The van der Waals surface area contributed by atoms with E-state index in [1.165, 1.54) is 19.3 Å². The molecule has 3 heterocycles. The summed E-state index contributed by atoms with van der Waals surface area (Å²) in [5.41, 5.74) is 0.924. The molecule has 0 saturated carbocycles. The minimum Gasteiger partial charge on any atom is -0.356 e. The van der Waals surface area contributed by atoms with Crippen LogP contribution in [-0.4, -0.2) is 23.1 Å². The third-order valence-electron chi connectivity index (χ3n) is 3.20. The van der Waals surface area contributed by atoms with Crippen LogP contribution in [0, 0.1) is 0 Å². The van der Waals surface area contributed by atoms with Crippen LogP contribution in [-0.2, 0) is 0 Å². The van der Waals surface area contributed by atoms with E-state index in [-0.39, 0.29) is 0 Å². The van der Waals surface area contributed by atoms with E-state index in [0.29, 0.717) is 5.15 Å². The molecule has 3 nitrogen and oxygen atoms in total. The normalized spacial score (nSPS) is 16.4. The van der Waals surface area contributed by atoms with Crippen LogP contribution in [0.1, 0.15) is 19.3 Å². The zero-order chi connectivity index (χ0) is 11.7. The molecule has 0 aromatic carbocycles. The molecule has 3 rings (SSSR count). The fraction of sp³-hybridized carbons (Fsp3) is 0.385. The van der Waals surface area contributed by atoms with Crippen LogP contribution in [0.2, 0.25) is 5.15 Å². The van der Waals surface area contributed by atoms with Gasteiger partial charge in [-0.2, -0.15) is 0 Å². The fourth-order valence-corrected chi connectivity index (χ4v) is 2.56. The number of halogens is 1. The SMILES string of the molecule is Clc1cc2ncccc2c(N2CCCCC2)n1. The van der Waals surface area contributed by atoms with E-state index in [4.69, 9.17) is 11.6 Å². The van der Waals surface area contributed by atoms with Crippen LogP contribution in [0.4, 0.5) is 5.82 Å². The van der Waals surface area contributed by atoms with Gasteiger partial charge < -0.3 is 4.90 Å². The Kier molecular flexibility index (Phi) is 2.85. The summed E-state index contributed by atoms with van der Waals surface area (Å²) in [7, 11) is 0. The summed E-state index contributed by atoms with van der Waals surface area (Å²) >= 11 is 6.07. The molecule has 1 aliphatic rings. The summed E-state index contributed by atoms with van der Waals surface area (Å²) in [5, 5.41) is 1.62. The predicted octanol–water partition coefficient (Wildman–Crippen LogP) is 3.27. The maximum Gasteiger partial charge on any atom is 0.139 e. The Hall–Kier alpha value is -1.35. The molecular formula is C13H14ClN3. The molecule has 1 fully saturated rings. The minimum absolute atomic E-state index is 0.525. The van der Waals surface area contributed by atoms with E-state index in [9.17, 15) is 0 Å². The van der Waals surface area contributed by atoms with E-state index in [1.807, 2.05) is 12.1 Å². The van der Waals surface area contributed by atoms with E-state index in [0.717, 1.165) is 29.8 Å². The van der Waals surface area contributed by atoms with Crippen molar-refractivity contribution in [2.24, 2.45) is 0 Å². The Morgan fingerprint density at radius 2 is 2.00 bits per heavy atom. The van der Waals surface area contributed by atoms with Gasteiger partial charge in [-0.1, -0.05) is 11.6 Å². The van der Waals surface area contributed by atoms with Crippen molar-refractivity contribution in [3.8, 4) is 0 Å². The minimum atomic E-state index is 0.525. The van der Waals surface area contributed by atoms with Crippen molar-refractivity contribution in [2.75, 3.05) is 18.0 Å². The first-order valence-corrected chi connectivity index (χ1v) is 6.38. The smallest absolute Gasteiger partial charge is 0.139 e. The van der Waals surface area contributed by atoms with Gasteiger partial charge in [0.1, 0.15) is 11.0 Å². The molecule has 0 spiro atoms. The molecule has 0 amide bonds. The molecule has 0 bridgehead atoms. The fourth-order valence-electron chi connectivity index (χ4n) is 2.37. The third-order valence-corrected chi connectivity index (χ3v) is 3.40. The second-order valence-electron chi connectivity index (χ2n) is 4.39. The average molecular weight is 248 g/mol. The third kappa shape index (κ3) is 2.07. The number of fused-ring (bicyclic) bond motifs is 1. The van der Waals surface area contributed by atoms with Gasteiger partial charge in [0.25, 0.3) is 0 Å². The molecular weight excluding hydrogens is 234 g/mol. The quantitative estimate of drug-likeness (QED) is 0.725. The molecule has 1 aliphatic heterocycles. The van der Waals surface area contributed by atoms with Crippen LogP contribution in [0.5, 0.6) is 0 Å². The molecule has 0 N–H and O–H groups in total. The lowest BCUT2D eigenvalue weighted by Crippen LogP contribution is -2.30. The Labute approximate surface area is 105 Å². The van der Waals surface area contributed by atoms with Crippen molar-refractivity contribution in [2.45, 2.75) is 19.3 Å². The first-order valence-electron chi connectivity index (χ1n) is 6.01. The number of piperidine rings is 1. The molecule has 88 valence electrons. The van der Waals surface area contributed by atoms with E-state index in [2.05, 4.69) is 20.9 Å². The molecule has 17 heavy (non-hydrogen) atoms. The highest BCUT2D eigenvalue weighted by molar-refractivity contribution is 6.30. The highest BCUT2D eigenvalue weighted by Crippen LogP contribution is 2.28. The lowest BCUT2D eigenvalue weighted by Gasteiger charge is -2.28. The number of aromatic nitrogens is 2. The lowest BCUT2D eigenvalue weighted by atomic mass is 10.1. The van der Waals surface area contributed by atoms with Gasteiger partial charge in [-0.15, -0.1) is 0 Å². The Morgan fingerprint density at radius 1 is 1.18 bits per heavy atom. The average Bonchev–Trinajstić information content (AvgIpc) is 2.39. The van der Waals surface area contributed by atoms with Crippen LogP contribution < -0.4 is 4.90 Å². The summed E-state index contributed by atoms with van der Waals surface area (Å²) < 4.78 is 0. The number of rotatable bonds is 1. The van der Waals surface area contributed by atoms with Crippen molar-refractivity contribution < 1.29 is 0 Å². The van der Waals surface area contributed by atoms with Gasteiger partial charge in [0, 0.05) is 30.7 Å². The largest absolute Gasteiger partial charge is 0.356 e. The highest BCUT2D eigenvalue weighted by atomic mass is 35.5. The Bertz CT molecular complexity index is 535. The number of hydrogen-bond acceptors (Lipinski definition) is 3. The van der Waals surface area contributed by atoms with Gasteiger partial charge >= 0.3 is 0 Å². The van der Waals surface area contributed by atoms with Crippen LogP contribution in [0.3, 0.4) is 0 Å². The topological polar surface area (TPSA) is 29.0 Å². The zero-order valence-corrected chi connectivity index (χ0v) is 10.3. The van der Waals surface area contributed by atoms with Crippen LogP contribution in [0.15, 0.2) is 24.4 Å². The zero-order valence-electron chi connectivity index (χ0n) is 9.56. The number of pyridine rings is 2. The van der Waals surface area contributed by atoms with Crippen molar-refractivity contribution >= 4 is 28.3 Å². The molecule has 2 aromatic heterocycles. The van der Waals surface area contributed by atoms with Gasteiger partial charge in [-0.3, -0.25) is 4.98 Å². The van der Waals surface area contributed by atoms with Crippen molar-refractivity contribution in [3.05, 3.63) is 29.5 Å². The van der Waals surface area contributed by atoms with Gasteiger partial charge in [0.05, 0.1) is 5.52 Å². The molecule has 4 heteroatoms. The first-order chi connectivity index (χ1) is 8.34. The number of anilines is 1. The van der Waals surface area contributed by atoms with Crippen molar-refractivity contribution in [1.82, 2.24) is 9.97 Å².